The van der Waals surface area contributed by atoms with Gasteiger partial charge in [0.1, 0.15) is 0 Å². The molecule has 4 heteroatoms. The molecule has 11 heavy (non-hydrogen) atoms. The van der Waals surface area contributed by atoms with Crippen LogP contribution in [0.15, 0.2) is 0 Å². The summed E-state index contributed by atoms with van der Waals surface area (Å²) in [6.07, 6.45) is 3.97. The van der Waals surface area contributed by atoms with Gasteiger partial charge in [0, 0.05) is 7.05 Å². The maximum absolute atomic E-state index is 10.8. The molecule has 0 unspecified atom stereocenters. The normalized spacial score (nSPS) is 11.8. The van der Waals surface area contributed by atoms with E-state index in [4.69, 9.17) is 0 Å². The standard InChI is InChI=1S/C7H16NO2S/c1-3-4-5-6-7-11(9,10)8-2/h3-7H2,1-2H3. The topological polar surface area (TPSA) is 48.2 Å². The first-order valence-corrected chi connectivity index (χ1v) is 5.57. The van der Waals surface area contributed by atoms with Crippen molar-refractivity contribution in [2.45, 2.75) is 32.6 Å². The van der Waals surface area contributed by atoms with Crippen molar-refractivity contribution in [1.29, 1.82) is 0 Å². The van der Waals surface area contributed by atoms with Crippen LogP contribution in [0.4, 0.5) is 0 Å². The van der Waals surface area contributed by atoms with E-state index in [9.17, 15) is 8.42 Å². The Hall–Kier alpha value is -0.0900. The summed E-state index contributed by atoms with van der Waals surface area (Å²) < 4.78 is 24.9. The van der Waals surface area contributed by atoms with Crippen LogP contribution < -0.4 is 4.72 Å². The lowest BCUT2D eigenvalue weighted by atomic mass is 10.2. The predicted molar refractivity (Wildman–Crippen MR) is 46.0 cm³/mol. The van der Waals surface area contributed by atoms with Crippen molar-refractivity contribution < 1.29 is 8.42 Å². The molecule has 3 nitrogen and oxygen atoms in total. The van der Waals surface area contributed by atoms with Gasteiger partial charge in [-0.25, -0.2) is 8.42 Å². The molecular weight excluding hydrogens is 162 g/mol. The number of nitrogens with zero attached hydrogens (tertiary/aromatic N) is 1. The van der Waals surface area contributed by atoms with E-state index in [1.807, 2.05) is 0 Å². The van der Waals surface area contributed by atoms with Crippen LogP contribution in [0, 0.1) is 0 Å². The van der Waals surface area contributed by atoms with Gasteiger partial charge in [-0.15, -0.1) is 4.72 Å². The molecule has 0 spiro atoms. The third kappa shape index (κ3) is 6.31. The van der Waals surface area contributed by atoms with Crippen molar-refractivity contribution in [3.63, 3.8) is 0 Å². The third-order valence-electron chi connectivity index (χ3n) is 1.53. The summed E-state index contributed by atoms with van der Waals surface area (Å²) in [7, 11) is -1.75. The minimum Gasteiger partial charge on any atom is -0.211 e. The van der Waals surface area contributed by atoms with E-state index >= 15 is 0 Å². The highest BCUT2D eigenvalue weighted by atomic mass is 32.2. The molecule has 67 valence electrons. The molecule has 0 aromatic rings. The van der Waals surface area contributed by atoms with Gasteiger partial charge in [-0.05, 0) is 6.42 Å². The zero-order valence-corrected chi connectivity index (χ0v) is 8.02. The Labute approximate surface area is 69.2 Å². The summed E-state index contributed by atoms with van der Waals surface area (Å²) in [5.74, 6) is 0.212. The molecule has 0 rings (SSSR count). The minimum atomic E-state index is -3.07. The molecule has 0 atom stereocenters. The van der Waals surface area contributed by atoms with Crippen LogP contribution in [0.25, 0.3) is 0 Å². The molecule has 0 bridgehead atoms. The van der Waals surface area contributed by atoms with Crippen LogP contribution >= 0.6 is 0 Å². The van der Waals surface area contributed by atoms with Gasteiger partial charge < -0.3 is 0 Å². The average Bonchev–Trinajstić information content (AvgIpc) is 1.99. The highest BCUT2D eigenvalue weighted by Gasteiger charge is 2.06. The molecule has 0 aromatic heterocycles. The first-order chi connectivity index (χ1) is 5.12. The number of rotatable bonds is 6. The van der Waals surface area contributed by atoms with Crippen LogP contribution in [-0.4, -0.2) is 21.2 Å². The summed E-state index contributed by atoms with van der Waals surface area (Å²) in [4.78, 5) is 0. The molecule has 0 aliphatic carbocycles. The highest BCUT2D eigenvalue weighted by molar-refractivity contribution is 7.89. The van der Waals surface area contributed by atoms with E-state index in [-0.39, 0.29) is 5.75 Å². The zero-order valence-electron chi connectivity index (χ0n) is 7.21. The second-order valence-electron chi connectivity index (χ2n) is 2.53. The number of sulfonamides is 1. The number of hydrogen-bond acceptors (Lipinski definition) is 2. The maximum Gasteiger partial charge on any atom is 0.227 e. The SMILES string of the molecule is CCCCCCS(=O)(=O)[N]C. The van der Waals surface area contributed by atoms with Crippen molar-refractivity contribution in [2.75, 3.05) is 12.8 Å². The summed E-state index contributed by atoms with van der Waals surface area (Å²) in [5, 5.41) is 0. The van der Waals surface area contributed by atoms with E-state index < -0.39 is 10.0 Å². The lowest BCUT2D eigenvalue weighted by molar-refractivity contribution is 0.580. The highest BCUT2D eigenvalue weighted by Crippen LogP contribution is 2.00. The molecule has 1 radical (unpaired) electrons. The summed E-state index contributed by atoms with van der Waals surface area (Å²) in [5.41, 5.74) is 0. The Morgan fingerprint density at radius 1 is 1.18 bits per heavy atom. The first kappa shape index (κ1) is 10.9. The molecule has 0 amide bonds. The quantitative estimate of drug-likeness (QED) is 0.572. The van der Waals surface area contributed by atoms with Gasteiger partial charge in [0.05, 0.1) is 5.75 Å². The number of hydrogen-bond donors (Lipinski definition) is 0. The molecule has 0 aliphatic heterocycles. The fourth-order valence-electron chi connectivity index (χ4n) is 0.803. The van der Waals surface area contributed by atoms with Gasteiger partial charge in [0.15, 0.2) is 0 Å². The van der Waals surface area contributed by atoms with Gasteiger partial charge in [-0.2, -0.15) is 0 Å². The molecule has 0 aromatic carbocycles. The third-order valence-corrected chi connectivity index (χ3v) is 2.89. The summed E-state index contributed by atoms with van der Waals surface area (Å²) >= 11 is 0. The molecule has 0 saturated heterocycles. The van der Waals surface area contributed by atoms with E-state index in [0.717, 1.165) is 25.7 Å². The minimum absolute atomic E-state index is 0.212. The Morgan fingerprint density at radius 3 is 2.27 bits per heavy atom. The van der Waals surface area contributed by atoms with Crippen molar-refractivity contribution in [1.82, 2.24) is 4.72 Å². The van der Waals surface area contributed by atoms with Crippen molar-refractivity contribution in [3.8, 4) is 0 Å². The van der Waals surface area contributed by atoms with E-state index in [0.29, 0.717) is 0 Å². The van der Waals surface area contributed by atoms with E-state index in [2.05, 4.69) is 11.6 Å². The molecule has 0 aliphatic rings. The van der Waals surface area contributed by atoms with Crippen LogP contribution in [0.5, 0.6) is 0 Å². The lowest BCUT2D eigenvalue weighted by Crippen LogP contribution is -2.15. The van der Waals surface area contributed by atoms with Crippen LogP contribution in [-0.2, 0) is 10.0 Å². The molecular formula is C7H16NO2S. The van der Waals surface area contributed by atoms with Crippen LogP contribution in [0.3, 0.4) is 0 Å². The van der Waals surface area contributed by atoms with Gasteiger partial charge in [0.25, 0.3) is 0 Å². The second-order valence-corrected chi connectivity index (χ2v) is 4.47. The van der Waals surface area contributed by atoms with E-state index in [1.165, 1.54) is 7.05 Å². The average molecular weight is 178 g/mol. The zero-order chi connectivity index (χ0) is 8.74. The van der Waals surface area contributed by atoms with Crippen LogP contribution in [0.1, 0.15) is 32.6 Å². The fraction of sp³-hybridized carbons (Fsp3) is 1.00. The maximum atomic E-state index is 10.8. The summed E-state index contributed by atoms with van der Waals surface area (Å²) in [6, 6.07) is 0. The van der Waals surface area contributed by atoms with Crippen LogP contribution in [0.2, 0.25) is 0 Å². The molecule has 0 fully saturated rings. The van der Waals surface area contributed by atoms with Crippen molar-refractivity contribution in [2.24, 2.45) is 0 Å². The smallest absolute Gasteiger partial charge is 0.211 e. The largest absolute Gasteiger partial charge is 0.227 e. The Kier molecular flexibility index (Phi) is 5.50. The molecule has 0 heterocycles. The van der Waals surface area contributed by atoms with Gasteiger partial charge >= 0.3 is 0 Å². The van der Waals surface area contributed by atoms with Crippen molar-refractivity contribution >= 4 is 10.0 Å². The van der Waals surface area contributed by atoms with Gasteiger partial charge in [-0.1, -0.05) is 26.2 Å². The monoisotopic (exact) mass is 178 g/mol. The number of unbranched alkanes of at least 4 members (excludes halogenated alkanes) is 3. The summed E-state index contributed by atoms with van der Waals surface area (Å²) in [6.45, 7) is 2.10. The Balaban J connectivity index is 3.39. The molecule has 0 N–H and O–H groups in total. The fourth-order valence-corrected chi connectivity index (χ4v) is 1.55. The Bertz CT molecular complexity index is 175. The van der Waals surface area contributed by atoms with Gasteiger partial charge in [-0.3, -0.25) is 0 Å². The Morgan fingerprint density at radius 2 is 1.82 bits per heavy atom. The first-order valence-electron chi connectivity index (χ1n) is 3.96. The van der Waals surface area contributed by atoms with Crippen molar-refractivity contribution in [3.05, 3.63) is 0 Å². The lowest BCUT2D eigenvalue weighted by Gasteiger charge is -1.98. The second kappa shape index (κ2) is 5.55. The van der Waals surface area contributed by atoms with Gasteiger partial charge in [0.2, 0.25) is 10.0 Å². The molecule has 0 saturated carbocycles. The van der Waals surface area contributed by atoms with E-state index in [1.54, 1.807) is 0 Å². The predicted octanol–water partition coefficient (Wildman–Crippen LogP) is 1.13.